The summed E-state index contributed by atoms with van der Waals surface area (Å²) in [6.45, 7) is 4.50. The third kappa shape index (κ3) is 8.91. The van der Waals surface area contributed by atoms with Gasteiger partial charge in [0.2, 0.25) is 11.8 Å². The van der Waals surface area contributed by atoms with Crippen LogP contribution in [-0.2, 0) is 19.2 Å². The molecule has 0 rings (SSSR count). The lowest BCUT2D eigenvalue weighted by atomic mass is 10.0. The van der Waals surface area contributed by atoms with Gasteiger partial charge in [-0.05, 0) is 39.7 Å². The number of hydrogen-bond acceptors (Lipinski definition) is 5. The van der Waals surface area contributed by atoms with Crippen molar-refractivity contribution in [1.82, 2.24) is 10.6 Å². The van der Waals surface area contributed by atoms with E-state index in [9.17, 15) is 19.2 Å². The molecule has 0 aliphatic carbocycles. The SMILES string of the molecule is CC(=O)C[C@H](NC(=O)[C@@H](CCCCN)NC(C)=O)C(C)=O. The van der Waals surface area contributed by atoms with E-state index in [0.29, 0.717) is 19.4 Å². The van der Waals surface area contributed by atoms with Crippen molar-refractivity contribution in [2.45, 2.75) is 58.5 Å². The van der Waals surface area contributed by atoms with E-state index in [1.807, 2.05) is 0 Å². The van der Waals surface area contributed by atoms with Gasteiger partial charge < -0.3 is 16.4 Å². The molecule has 0 saturated carbocycles. The highest BCUT2D eigenvalue weighted by Crippen LogP contribution is 2.03. The first-order valence-electron chi connectivity index (χ1n) is 7.05. The minimum absolute atomic E-state index is 0.0450. The number of nitrogens with two attached hydrogens (primary N) is 1. The van der Waals surface area contributed by atoms with Gasteiger partial charge in [0.25, 0.3) is 0 Å². The number of rotatable bonds is 10. The summed E-state index contributed by atoms with van der Waals surface area (Å²) in [5.74, 6) is -1.26. The molecular weight excluding hydrogens is 274 g/mol. The van der Waals surface area contributed by atoms with Crippen LogP contribution in [0.3, 0.4) is 0 Å². The van der Waals surface area contributed by atoms with Crippen LogP contribution in [0.25, 0.3) is 0 Å². The number of hydrogen-bond donors (Lipinski definition) is 3. The Labute approximate surface area is 125 Å². The van der Waals surface area contributed by atoms with E-state index in [4.69, 9.17) is 5.73 Å². The number of amides is 2. The van der Waals surface area contributed by atoms with Gasteiger partial charge in [-0.25, -0.2) is 0 Å². The number of unbranched alkanes of at least 4 members (excludes halogenated alkanes) is 1. The Kier molecular flexibility index (Phi) is 9.20. The number of Topliss-reactive ketones (excluding diaryl/α,β-unsaturated/α-hetero) is 2. The first-order valence-corrected chi connectivity index (χ1v) is 7.05. The molecule has 0 fully saturated rings. The predicted molar refractivity (Wildman–Crippen MR) is 78.4 cm³/mol. The summed E-state index contributed by atoms with van der Waals surface area (Å²) in [5, 5.41) is 5.07. The predicted octanol–water partition coefficient (Wildman–Crippen LogP) is -0.327. The van der Waals surface area contributed by atoms with Crippen molar-refractivity contribution in [3.8, 4) is 0 Å². The van der Waals surface area contributed by atoms with Gasteiger partial charge in [-0.2, -0.15) is 0 Å². The lowest BCUT2D eigenvalue weighted by Crippen LogP contribution is -2.51. The van der Waals surface area contributed by atoms with Gasteiger partial charge in [-0.1, -0.05) is 0 Å². The average molecular weight is 299 g/mol. The molecule has 7 nitrogen and oxygen atoms in total. The molecule has 0 saturated heterocycles. The summed E-state index contributed by atoms with van der Waals surface area (Å²) in [4.78, 5) is 45.9. The molecule has 0 bridgehead atoms. The first-order chi connectivity index (χ1) is 9.77. The molecule has 21 heavy (non-hydrogen) atoms. The normalized spacial score (nSPS) is 13.1. The molecule has 0 aromatic heterocycles. The van der Waals surface area contributed by atoms with Crippen LogP contribution in [0.5, 0.6) is 0 Å². The molecule has 0 unspecified atom stereocenters. The second-order valence-corrected chi connectivity index (χ2v) is 5.12. The minimum Gasteiger partial charge on any atom is -0.345 e. The van der Waals surface area contributed by atoms with Crippen molar-refractivity contribution < 1.29 is 19.2 Å². The molecule has 0 aliphatic heterocycles. The van der Waals surface area contributed by atoms with Gasteiger partial charge in [-0.3, -0.25) is 19.2 Å². The number of ketones is 2. The molecule has 0 heterocycles. The van der Waals surface area contributed by atoms with Crippen molar-refractivity contribution in [2.75, 3.05) is 6.54 Å². The summed E-state index contributed by atoms with van der Waals surface area (Å²) in [6, 6.07) is -1.57. The Morgan fingerprint density at radius 3 is 2.00 bits per heavy atom. The zero-order valence-electron chi connectivity index (χ0n) is 12.9. The topological polar surface area (TPSA) is 118 Å². The van der Waals surface area contributed by atoms with E-state index >= 15 is 0 Å². The molecule has 0 spiro atoms. The van der Waals surface area contributed by atoms with Crippen LogP contribution in [-0.4, -0.2) is 42.0 Å². The van der Waals surface area contributed by atoms with Gasteiger partial charge in [0, 0.05) is 13.3 Å². The Morgan fingerprint density at radius 1 is 0.952 bits per heavy atom. The van der Waals surface area contributed by atoms with Gasteiger partial charge in [0.15, 0.2) is 5.78 Å². The quantitative estimate of drug-likeness (QED) is 0.477. The Hall–Kier alpha value is -1.76. The number of carbonyl (C=O) groups is 4. The number of nitrogens with one attached hydrogen (secondary N) is 2. The smallest absolute Gasteiger partial charge is 0.243 e. The van der Waals surface area contributed by atoms with Crippen molar-refractivity contribution in [1.29, 1.82) is 0 Å². The monoisotopic (exact) mass is 299 g/mol. The minimum atomic E-state index is -0.847. The van der Waals surface area contributed by atoms with Crippen LogP contribution >= 0.6 is 0 Å². The molecule has 0 aromatic rings. The molecule has 0 radical (unpaired) electrons. The van der Waals surface area contributed by atoms with Gasteiger partial charge in [0.05, 0.1) is 6.04 Å². The van der Waals surface area contributed by atoms with Crippen molar-refractivity contribution in [3.63, 3.8) is 0 Å². The van der Waals surface area contributed by atoms with Gasteiger partial charge in [0.1, 0.15) is 11.8 Å². The zero-order valence-corrected chi connectivity index (χ0v) is 12.9. The van der Waals surface area contributed by atoms with Crippen molar-refractivity contribution in [2.24, 2.45) is 5.73 Å². The molecular formula is C14H25N3O4. The first kappa shape index (κ1) is 19.2. The Bertz CT molecular complexity index is 396. The maximum absolute atomic E-state index is 12.1. The highest BCUT2D eigenvalue weighted by atomic mass is 16.2. The lowest BCUT2D eigenvalue weighted by molar-refractivity contribution is -0.131. The second-order valence-electron chi connectivity index (χ2n) is 5.12. The fraction of sp³-hybridized carbons (Fsp3) is 0.714. The summed E-state index contributed by atoms with van der Waals surface area (Å²) < 4.78 is 0. The molecule has 7 heteroatoms. The van der Waals surface area contributed by atoms with E-state index in [0.717, 1.165) is 6.42 Å². The molecule has 120 valence electrons. The zero-order chi connectivity index (χ0) is 16.4. The van der Waals surface area contributed by atoms with Crippen LogP contribution in [0.4, 0.5) is 0 Å². The van der Waals surface area contributed by atoms with E-state index in [-0.39, 0.29) is 23.9 Å². The molecule has 0 aromatic carbocycles. The molecule has 2 atom stereocenters. The van der Waals surface area contributed by atoms with Crippen molar-refractivity contribution in [3.05, 3.63) is 0 Å². The molecule has 4 N–H and O–H groups in total. The standard InChI is InChI=1S/C14H25N3O4/c1-9(18)8-13(10(2)19)17-14(21)12(16-11(3)20)6-4-5-7-15/h12-13H,4-8,15H2,1-3H3,(H,16,20)(H,17,21)/t12-,13+/m1/s1. The lowest BCUT2D eigenvalue weighted by Gasteiger charge is -2.21. The fourth-order valence-corrected chi connectivity index (χ4v) is 1.86. The maximum Gasteiger partial charge on any atom is 0.243 e. The highest BCUT2D eigenvalue weighted by Gasteiger charge is 2.24. The second kappa shape index (κ2) is 10.0. The van der Waals surface area contributed by atoms with Crippen molar-refractivity contribution >= 4 is 23.4 Å². The van der Waals surface area contributed by atoms with Crippen LogP contribution in [0.15, 0.2) is 0 Å². The van der Waals surface area contributed by atoms with E-state index in [1.54, 1.807) is 0 Å². The van der Waals surface area contributed by atoms with Crippen LogP contribution in [0.1, 0.15) is 46.5 Å². The van der Waals surface area contributed by atoms with E-state index in [1.165, 1.54) is 20.8 Å². The van der Waals surface area contributed by atoms with Crippen LogP contribution in [0.2, 0.25) is 0 Å². The van der Waals surface area contributed by atoms with Crippen LogP contribution in [0, 0.1) is 0 Å². The average Bonchev–Trinajstić information content (AvgIpc) is 2.35. The Balaban J connectivity index is 4.71. The van der Waals surface area contributed by atoms with Crippen LogP contribution < -0.4 is 16.4 Å². The maximum atomic E-state index is 12.1. The third-order valence-corrected chi connectivity index (χ3v) is 2.94. The summed E-state index contributed by atoms with van der Waals surface area (Å²) in [5.41, 5.74) is 5.40. The molecule has 2 amide bonds. The number of carbonyl (C=O) groups excluding carboxylic acids is 4. The van der Waals surface area contributed by atoms with E-state index < -0.39 is 18.0 Å². The molecule has 0 aliphatic rings. The largest absolute Gasteiger partial charge is 0.345 e. The summed E-state index contributed by atoms with van der Waals surface area (Å²) >= 11 is 0. The fourth-order valence-electron chi connectivity index (χ4n) is 1.86. The summed E-state index contributed by atoms with van der Waals surface area (Å²) in [6.07, 6.45) is 1.82. The van der Waals surface area contributed by atoms with Gasteiger partial charge >= 0.3 is 0 Å². The van der Waals surface area contributed by atoms with E-state index in [2.05, 4.69) is 10.6 Å². The van der Waals surface area contributed by atoms with Gasteiger partial charge in [-0.15, -0.1) is 0 Å². The highest BCUT2D eigenvalue weighted by molar-refractivity contribution is 5.94. The third-order valence-electron chi connectivity index (χ3n) is 2.94. The summed E-state index contributed by atoms with van der Waals surface area (Å²) in [7, 11) is 0. The Morgan fingerprint density at radius 2 is 1.57 bits per heavy atom.